The Kier molecular flexibility index (Phi) is 6.08. The molecule has 0 radical (unpaired) electrons. The highest BCUT2D eigenvalue weighted by atomic mass is 35.5. The SMILES string of the molecule is CCOC(=O)C(=O)c1nn(-c2ccc(Cl)cc2Cl)c(-c2ccc(Cl)cc2)c1C. The van der Waals surface area contributed by atoms with Crippen molar-refractivity contribution in [3.63, 3.8) is 0 Å². The van der Waals surface area contributed by atoms with E-state index >= 15 is 0 Å². The van der Waals surface area contributed by atoms with Crippen LogP contribution in [0, 0.1) is 6.92 Å². The van der Waals surface area contributed by atoms with Gasteiger partial charge in [0.25, 0.3) is 5.78 Å². The van der Waals surface area contributed by atoms with Gasteiger partial charge in [0.15, 0.2) is 0 Å². The van der Waals surface area contributed by atoms with Crippen LogP contribution in [0.2, 0.25) is 15.1 Å². The summed E-state index contributed by atoms with van der Waals surface area (Å²) in [4.78, 5) is 24.5. The van der Waals surface area contributed by atoms with E-state index in [0.29, 0.717) is 32.0 Å². The summed E-state index contributed by atoms with van der Waals surface area (Å²) in [5.74, 6) is -1.78. The van der Waals surface area contributed by atoms with Gasteiger partial charge in [-0.2, -0.15) is 5.10 Å². The van der Waals surface area contributed by atoms with Crippen LogP contribution in [-0.4, -0.2) is 28.1 Å². The maximum atomic E-state index is 12.6. The number of aromatic nitrogens is 2. The Balaban J connectivity index is 2.24. The highest BCUT2D eigenvalue weighted by Crippen LogP contribution is 2.33. The Morgan fingerprint density at radius 2 is 1.68 bits per heavy atom. The lowest BCUT2D eigenvalue weighted by atomic mass is 10.0. The first-order valence-electron chi connectivity index (χ1n) is 8.36. The highest BCUT2D eigenvalue weighted by Gasteiger charge is 2.28. The summed E-state index contributed by atoms with van der Waals surface area (Å²) in [7, 11) is 0. The molecule has 0 saturated heterocycles. The van der Waals surface area contributed by atoms with E-state index in [4.69, 9.17) is 39.5 Å². The third-order valence-corrected chi connectivity index (χ3v) is 4.84. The van der Waals surface area contributed by atoms with Crippen molar-refractivity contribution in [3.05, 3.63) is 68.8 Å². The van der Waals surface area contributed by atoms with Crippen molar-refractivity contribution in [2.75, 3.05) is 6.61 Å². The van der Waals surface area contributed by atoms with Gasteiger partial charge >= 0.3 is 5.97 Å². The van der Waals surface area contributed by atoms with Crippen LogP contribution in [0.3, 0.4) is 0 Å². The second kappa shape index (κ2) is 8.35. The Morgan fingerprint density at radius 1 is 1.04 bits per heavy atom. The number of nitrogens with zero attached hydrogens (tertiary/aromatic N) is 2. The minimum absolute atomic E-state index is 0.00517. The fraction of sp³-hybridized carbons (Fsp3) is 0.150. The van der Waals surface area contributed by atoms with Gasteiger partial charge in [-0.15, -0.1) is 0 Å². The second-order valence-electron chi connectivity index (χ2n) is 5.89. The largest absolute Gasteiger partial charge is 0.460 e. The highest BCUT2D eigenvalue weighted by molar-refractivity contribution is 6.40. The maximum Gasteiger partial charge on any atom is 0.381 e. The fourth-order valence-corrected chi connectivity index (χ4v) is 3.39. The standard InChI is InChI=1S/C20H15Cl3N2O3/c1-3-28-20(27)19(26)17-11(2)18(12-4-6-13(21)7-5-12)25(24-17)16-9-8-14(22)10-15(16)23/h4-10H,3H2,1-2H3. The quantitative estimate of drug-likeness (QED) is 0.298. The van der Waals surface area contributed by atoms with Crippen molar-refractivity contribution in [1.29, 1.82) is 0 Å². The van der Waals surface area contributed by atoms with Crippen molar-refractivity contribution in [1.82, 2.24) is 9.78 Å². The normalized spacial score (nSPS) is 10.8. The molecule has 0 spiro atoms. The van der Waals surface area contributed by atoms with Crippen LogP contribution in [0.25, 0.3) is 16.9 Å². The van der Waals surface area contributed by atoms with Crippen molar-refractivity contribution < 1.29 is 14.3 Å². The molecule has 0 bridgehead atoms. The van der Waals surface area contributed by atoms with Gasteiger partial charge in [-0.05, 0) is 44.2 Å². The smallest absolute Gasteiger partial charge is 0.381 e. The van der Waals surface area contributed by atoms with Crippen LogP contribution in [0.4, 0.5) is 0 Å². The van der Waals surface area contributed by atoms with E-state index in [1.807, 2.05) is 0 Å². The summed E-state index contributed by atoms with van der Waals surface area (Å²) in [6.07, 6.45) is 0. The first-order chi connectivity index (χ1) is 13.3. The third kappa shape index (κ3) is 3.92. The lowest BCUT2D eigenvalue weighted by molar-refractivity contribution is -0.137. The Bertz CT molecular complexity index is 1060. The molecule has 3 rings (SSSR count). The monoisotopic (exact) mass is 436 g/mol. The summed E-state index contributed by atoms with van der Waals surface area (Å²) >= 11 is 18.4. The Labute approximate surface area is 176 Å². The number of esters is 1. The van der Waals surface area contributed by atoms with Crippen molar-refractivity contribution >= 4 is 46.6 Å². The van der Waals surface area contributed by atoms with Crippen LogP contribution in [0.15, 0.2) is 42.5 Å². The molecule has 0 aliphatic rings. The van der Waals surface area contributed by atoms with E-state index in [1.165, 1.54) is 4.68 Å². The maximum absolute atomic E-state index is 12.6. The average Bonchev–Trinajstić information content (AvgIpc) is 2.99. The summed E-state index contributed by atoms with van der Waals surface area (Å²) in [5.41, 5.74) is 2.39. The molecule has 0 N–H and O–H groups in total. The molecule has 2 aromatic carbocycles. The van der Waals surface area contributed by atoms with Gasteiger partial charge in [0.2, 0.25) is 0 Å². The molecule has 0 aliphatic heterocycles. The van der Waals surface area contributed by atoms with Gasteiger partial charge in [0.1, 0.15) is 5.69 Å². The van der Waals surface area contributed by atoms with E-state index in [0.717, 1.165) is 5.56 Å². The van der Waals surface area contributed by atoms with Crippen LogP contribution in [0.5, 0.6) is 0 Å². The molecule has 1 heterocycles. The Morgan fingerprint density at radius 3 is 2.29 bits per heavy atom. The number of carbonyl (C=O) groups is 2. The van der Waals surface area contributed by atoms with Crippen LogP contribution in [-0.2, 0) is 9.53 Å². The topological polar surface area (TPSA) is 61.2 Å². The summed E-state index contributed by atoms with van der Waals surface area (Å²) in [6.45, 7) is 3.43. The Hall–Kier alpha value is -2.34. The average molecular weight is 438 g/mol. The van der Waals surface area contributed by atoms with Gasteiger partial charge < -0.3 is 4.74 Å². The molecule has 0 unspecified atom stereocenters. The van der Waals surface area contributed by atoms with Crippen molar-refractivity contribution in [3.8, 4) is 16.9 Å². The van der Waals surface area contributed by atoms with E-state index in [9.17, 15) is 9.59 Å². The molecule has 0 atom stereocenters. The molecule has 3 aromatic rings. The van der Waals surface area contributed by atoms with Gasteiger partial charge in [-0.3, -0.25) is 4.79 Å². The van der Waals surface area contributed by atoms with E-state index in [-0.39, 0.29) is 12.3 Å². The minimum atomic E-state index is -0.958. The molecule has 28 heavy (non-hydrogen) atoms. The zero-order valence-electron chi connectivity index (χ0n) is 15.0. The fourth-order valence-electron chi connectivity index (χ4n) is 2.78. The molecule has 8 heteroatoms. The third-order valence-electron chi connectivity index (χ3n) is 4.05. The lowest BCUT2D eigenvalue weighted by Crippen LogP contribution is -2.19. The minimum Gasteiger partial charge on any atom is -0.460 e. The van der Waals surface area contributed by atoms with E-state index < -0.39 is 11.8 Å². The lowest BCUT2D eigenvalue weighted by Gasteiger charge is -2.11. The molecule has 0 saturated carbocycles. The van der Waals surface area contributed by atoms with Crippen LogP contribution < -0.4 is 0 Å². The molecule has 0 aliphatic carbocycles. The number of benzene rings is 2. The number of hydrogen-bond donors (Lipinski definition) is 0. The van der Waals surface area contributed by atoms with Crippen molar-refractivity contribution in [2.24, 2.45) is 0 Å². The molecule has 1 aromatic heterocycles. The number of hydrogen-bond acceptors (Lipinski definition) is 4. The molecule has 5 nitrogen and oxygen atoms in total. The summed E-state index contributed by atoms with van der Waals surface area (Å²) in [6, 6.07) is 12.0. The number of ether oxygens (including phenoxy) is 1. The first-order valence-corrected chi connectivity index (χ1v) is 9.49. The number of carbonyl (C=O) groups excluding carboxylic acids is 2. The molecular formula is C20H15Cl3N2O3. The van der Waals surface area contributed by atoms with Crippen molar-refractivity contribution in [2.45, 2.75) is 13.8 Å². The first kappa shape index (κ1) is 20.4. The van der Waals surface area contributed by atoms with Crippen LogP contribution >= 0.6 is 34.8 Å². The van der Waals surface area contributed by atoms with Gasteiger partial charge in [0, 0.05) is 21.2 Å². The zero-order chi connectivity index (χ0) is 20.4. The molecule has 0 fully saturated rings. The molecular weight excluding hydrogens is 423 g/mol. The summed E-state index contributed by atoms with van der Waals surface area (Å²) in [5, 5.41) is 5.76. The number of rotatable bonds is 5. The predicted octanol–water partition coefficient (Wildman–Crippen LogP) is 5.55. The number of halogens is 3. The summed E-state index contributed by atoms with van der Waals surface area (Å²) < 4.78 is 6.35. The van der Waals surface area contributed by atoms with Gasteiger partial charge in [-0.1, -0.05) is 46.9 Å². The molecule has 144 valence electrons. The predicted molar refractivity (Wildman–Crippen MR) is 110 cm³/mol. The van der Waals surface area contributed by atoms with E-state index in [1.54, 1.807) is 56.3 Å². The number of Topliss-reactive ketones (excluding diaryl/α,β-unsaturated/α-hetero) is 1. The second-order valence-corrected chi connectivity index (χ2v) is 7.17. The molecule has 0 amide bonds. The van der Waals surface area contributed by atoms with Gasteiger partial charge in [-0.25, -0.2) is 9.48 Å². The number of ketones is 1. The zero-order valence-corrected chi connectivity index (χ0v) is 17.3. The van der Waals surface area contributed by atoms with E-state index in [2.05, 4.69) is 5.10 Å². The van der Waals surface area contributed by atoms with Crippen LogP contribution in [0.1, 0.15) is 23.0 Å². The van der Waals surface area contributed by atoms with Gasteiger partial charge in [0.05, 0.1) is 23.0 Å².